The molecule has 0 aromatic heterocycles. The lowest BCUT2D eigenvalue weighted by Gasteiger charge is -2.06. The second-order valence-corrected chi connectivity index (χ2v) is 4.56. The first-order valence-electron chi connectivity index (χ1n) is 5.77. The Morgan fingerprint density at radius 1 is 1.42 bits per heavy atom. The summed E-state index contributed by atoms with van der Waals surface area (Å²) in [6.45, 7) is 1.96. The normalized spacial score (nSPS) is 16.1. The van der Waals surface area contributed by atoms with E-state index in [1.54, 1.807) is 6.92 Å². The van der Waals surface area contributed by atoms with E-state index in [1.165, 1.54) is 11.8 Å². The van der Waals surface area contributed by atoms with Gasteiger partial charge in [0.05, 0.1) is 12.3 Å². The van der Waals surface area contributed by atoms with Crippen molar-refractivity contribution in [3.8, 4) is 6.07 Å². The summed E-state index contributed by atoms with van der Waals surface area (Å²) in [5.74, 6) is -0.595. The molecule has 5 heteroatoms. The first-order chi connectivity index (χ1) is 9.26. The molecule has 1 aliphatic heterocycles. The van der Waals surface area contributed by atoms with Crippen LogP contribution >= 0.6 is 11.8 Å². The maximum absolute atomic E-state index is 11.6. The predicted molar refractivity (Wildman–Crippen MR) is 74.4 cm³/mol. The Morgan fingerprint density at radius 3 is 2.79 bits per heavy atom. The zero-order valence-electron chi connectivity index (χ0n) is 10.3. The summed E-state index contributed by atoms with van der Waals surface area (Å²) in [6, 6.07) is 11.6. The maximum Gasteiger partial charge on any atom is 0.351 e. The maximum atomic E-state index is 11.6. The zero-order chi connectivity index (χ0) is 13.7. The van der Waals surface area contributed by atoms with E-state index in [0.717, 1.165) is 11.3 Å². The third kappa shape index (κ3) is 2.98. The van der Waals surface area contributed by atoms with Crippen molar-refractivity contribution in [3.05, 3.63) is 51.9 Å². The zero-order valence-corrected chi connectivity index (χ0v) is 11.2. The SMILES string of the molecule is CCOC(=O)/C(C#N)=C1/NC(c2ccccc2)=CS1. The van der Waals surface area contributed by atoms with Crippen molar-refractivity contribution in [2.75, 3.05) is 6.61 Å². The standard InChI is InChI=1S/C14H12N2O2S/c1-2-18-14(17)11(8-15)13-16-12(9-19-13)10-6-4-3-5-7-10/h3-7,9,16H,2H2,1H3/b13-11-. The molecule has 96 valence electrons. The van der Waals surface area contributed by atoms with Crippen LogP contribution in [0.2, 0.25) is 0 Å². The highest BCUT2D eigenvalue weighted by Gasteiger charge is 2.21. The largest absolute Gasteiger partial charge is 0.462 e. The number of carbonyl (C=O) groups is 1. The van der Waals surface area contributed by atoms with Gasteiger partial charge in [-0.2, -0.15) is 5.26 Å². The number of hydrogen-bond acceptors (Lipinski definition) is 5. The average Bonchev–Trinajstić information content (AvgIpc) is 2.90. The lowest BCUT2D eigenvalue weighted by Crippen LogP contribution is -2.13. The lowest BCUT2D eigenvalue weighted by molar-refractivity contribution is -0.138. The van der Waals surface area contributed by atoms with Crippen LogP contribution in [0.25, 0.3) is 5.70 Å². The molecule has 0 amide bonds. The summed E-state index contributed by atoms with van der Waals surface area (Å²) >= 11 is 1.32. The van der Waals surface area contributed by atoms with E-state index in [9.17, 15) is 4.79 Å². The number of thioether (sulfide) groups is 1. The molecule has 1 N–H and O–H groups in total. The summed E-state index contributed by atoms with van der Waals surface area (Å²) < 4.78 is 4.85. The molecular weight excluding hydrogens is 260 g/mol. The summed E-state index contributed by atoms with van der Waals surface area (Å²) in [5, 5.41) is 14.5. The van der Waals surface area contributed by atoms with E-state index in [0.29, 0.717) is 5.03 Å². The summed E-state index contributed by atoms with van der Waals surface area (Å²) in [4.78, 5) is 11.6. The molecule has 1 aromatic rings. The highest BCUT2D eigenvalue weighted by Crippen LogP contribution is 2.32. The second kappa shape index (κ2) is 6.12. The number of benzene rings is 1. The van der Waals surface area contributed by atoms with Gasteiger partial charge in [0.25, 0.3) is 0 Å². The number of hydrogen-bond donors (Lipinski definition) is 1. The van der Waals surface area contributed by atoms with Gasteiger partial charge in [0.2, 0.25) is 0 Å². The molecule has 1 heterocycles. The molecule has 0 saturated heterocycles. The van der Waals surface area contributed by atoms with Crippen molar-refractivity contribution in [2.24, 2.45) is 0 Å². The molecular formula is C14H12N2O2S. The van der Waals surface area contributed by atoms with Crippen LogP contribution in [0.4, 0.5) is 0 Å². The van der Waals surface area contributed by atoms with E-state index in [2.05, 4.69) is 5.32 Å². The number of carbonyl (C=O) groups excluding carboxylic acids is 1. The van der Waals surface area contributed by atoms with Crippen molar-refractivity contribution in [1.29, 1.82) is 5.26 Å². The highest BCUT2D eigenvalue weighted by molar-refractivity contribution is 8.06. The number of nitrogens with one attached hydrogen (secondary N) is 1. The van der Waals surface area contributed by atoms with Gasteiger partial charge in [0, 0.05) is 5.41 Å². The number of nitriles is 1. The van der Waals surface area contributed by atoms with Gasteiger partial charge in [0.1, 0.15) is 11.1 Å². The Morgan fingerprint density at radius 2 is 2.16 bits per heavy atom. The molecule has 0 bridgehead atoms. The fourth-order valence-electron chi connectivity index (χ4n) is 1.57. The van der Waals surface area contributed by atoms with Gasteiger partial charge in [-0.15, -0.1) is 0 Å². The monoisotopic (exact) mass is 272 g/mol. The van der Waals surface area contributed by atoms with E-state index in [-0.39, 0.29) is 12.2 Å². The van der Waals surface area contributed by atoms with Crippen LogP contribution in [0, 0.1) is 11.3 Å². The molecule has 0 saturated carbocycles. The molecule has 0 fully saturated rings. The quantitative estimate of drug-likeness (QED) is 0.520. The summed E-state index contributed by atoms with van der Waals surface area (Å²) in [5.41, 5.74) is 1.89. The minimum atomic E-state index is -0.595. The molecule has 0 aliphatic carbocycles. The van der Waals surface area contributed by atoms with Crippen molar-refractivity contribution in [1.82, 2.24) is 5.32 Å². The van der Waals surface area contributed by atoms with Gasteiger partial charge >= 0.3 is 5.97 Å². The average molecular weight is 272 g/mol. The van der Waals surface area contributed by atoms with Crippen LogP contribution in [0.1, 0.15) is 12.5 Å². The van der Waals surface area contributed by atoms with Crippen LogP contribution in [0.3, 0.4) is 0 Å². The molecule has 1 aliphatic rings. The van der Waals surface area contributed by atoms with Crippen molar-refractivity contribution >= 4 is 23.4 Å². The van der Waals surface area contributed by atoms with Crippen LogP contribution in [-0.4, -0.2) is 12.6 Å². The van der Waals surface area contributed by atoms with Gasteiger partial charge < -0.3 is 10.1 Å². The van der Waals surface area contributed by atoms with Gasteiger partial charge in [0.15, 0.2) is 5.57 Å². The Bertz CT molecular complexity index is 585. The first-order valence-corrected chi connectivity index (χ1v) is 6.65. The van der Waals surface area contributed by atoms with Gasteiger partial charge in [-0.1, -0.05) is 42.1 Å². The summed E-state index contributed by atoms with van der Waals surface area (Å²) in [6.07, 6.45) is 0. The molecule has 0 unspecified atom stereocenters. The van der Waals surface area contributed by atoms with Crippen LogP contribution in [0.15, 0.2) is 46.3 Å². The molecule has 2 rings (SSSR count). The third-order valence-electron chi connectivity index (χ3n) is 2.45. The van der Waals surface area contributed by atoms with E-state index >= 15 is 0 Å². The van der Waals surface area contributed by atoms with Crippen LogP contribution < -0.4 is 5.32 Å². The van der Waals surface area contributed by atoms with Crippen molar-refractivity contribution in [2.45, 2.75) is 6.92 Å². The number of rotatable bonds is 3. The molecule has 1 aromatic carbocycles. The molecule has 19 heavy (non-hydrogen) atoms. The number of ether oxygens (including phenoxy) is 1. The first kappa shape index (κ1) is 13.2. The van der Waals surface area contributed by atoms with E-state index in [4.69, 9.17) is 10.00 Å². The fraction of sp³-hybridized carbons (Fsp3) is 0.143. The Kier molecular flexibility index (Phi) is 4.26. The van der Waals surface area contributed by atoms with Crippen molar-refractivity contribution in [3.63, 3.8) is 0 Å². The topological polar surface area (TPSA) is 62.1 Å². The third-order valence-corrected chi connectivity index (χ3v) is 3.34. The molecule has 0 spiro atoms. The van der Waals surface area contributed by atoms with E-state index < -0.39 is 5.97 Å². The van der Waals surface area contributed by atoms with Gasteiger partial charge in [-0.05, 0) is 12.5 Å². The minimum Gasteiger partial charge on any atom is -0.462 e. The lowest BCUT2D eigenvalue weighted by atomic mass is 10.2. The highest BCUT2D eigenvalue weighted by atomic mass is 32.2. The second-order valence-electron chi connectivity index (χ2n) is 3.68. The van der Waals surface area contributed by atoms with Gasteiger partial charge in [-0.3, -0.25) is 0 Å². The van der Waals surface area contributed by atoms with E-state index in [1.807, 2.05) is 41.8 Å². The Balaban J connectivity index is 2.20. The Labute approximate surface area is 115 Å². The molecule has 0 radical (unpaired) electrons. The fourth-order valence-corrected chi connectivity index (χ4v) is 2.42. The number of nitrogens with zero attached hydrogens (tertiary/aromatic N) is 1. The smallest absolute Gasteiger partial charge is 0.351 e. The van der Waals surface area contributed by atoms with Crippen molar-refractivity contribution < 1.29 is 9.53 Å². The minimum absolute atomic E-state index is 0.00836. The summed E-state index contributed by atoms with van der Waals surface area (Å²) in [7, 11) is 0. The van der Waals surface area contributed by atoms with Crippen LogP contribution in [-0.2, 0) is 9.53 Å². The number of esters is 1. The van der Waals surface area contributed by atoms with Gasteiger partial charge in [-0.25, -0.2) is 4.79 Å². The molecule has 4 nitrogen and oxygen atoms in total. The predicted octanol–water partition coefficient (Wildman–Crippen LogP) is 2.62. The molecule has 0 atom stereocenters. The Hall–Kier alpha value is -2.19. The van der Waals surface area contributed by atoms with Crippen LogP contribution in [0.5, 0.6) is 0 Å².